The number of fused-ring (bicyclic) bond motifs is 1. The van der Waals surface area contributed by atoms with E-state index in [9.17, 15) is 4.79 Å². The normalized spacial score (nSPS) is 10.2. The van der Waals surface area contributed by atoms with Gasteiger partial charge in [-0.3, -0.25) is 4.79 Å². The van der Waals surface area contributed by atoms with Crippen LogP contribution < -0.4 is 0 Å². The number of hydrogen-bond donors (Lipinski definition) is 0. The monoisotopic (exact) mass is 216 g/mol. The van der Waals surface area contributed by atoms with Crippen molar-refractivity contribution in [3.05, 3.63) is 54.1 Å². The maximum atomic E-state index is 11.2. The summed E-state index contributed by atoms with van der Waals surface area (Å²) >= 11 is 5.51. The molecule has 0 bridgehead atoms. The number of carbonyl (C=O) groups is 1. The lowest BCUT2D eigenvalue weighted by Crippen LogP contribution is -1.91. The van der Waals surface area contributed by atoms with Gasteiger partial charge < -0.3 is 0 Å². The third-order valence-corrected chi connectivity index (χ3v) is 2.59. The molecule has 74 valence electrons. The Labute approximate surface area is 93.0 Å². The number of rotatable bonds is 2. The van der Waals surface area contributed by atoms with Crippen molar-refractivity contribution in [2.45, 2.75) is 0 Å². The third-order valence-electron chi connectivity index (χ3n) is 2.39. The van der Waals surface area contributed by atoms with Crippen molar-refractivity contribution < 1.29 is 4.79 Å². The molecule has 0 aliphatic carbocycles. The SMILES string of the molecule is C=Cc1ccc(C(=O)Cl)c2ccccc12. The summed E-state index contributed by atoms with van der Waals surface area (Å²) in [6.07, 6.45) is 1.77. The van der Waals surface area contributed by atoms with E-state index in [1.165, 1.54) is 0 Å². The fraction of sp³-hybridized carbons (Fsp3) is 0. The van der Waals surface area contributed by atoms with Crippen molar-refractivity contribution in [1.82, 2.24) is 0 Å². The Morgan fingerprint density at radius 3 is 2.40 bits per heavy atom. The van der Waals surface area contributed by atoms with Crippen LogP contribution in [-0.2, 0) is 0 Å². The minimum Gasteiger partial charge on any atom is -0.276 e. The first-order valence-electron chi connectivity index (χ1n) is 4.58. The second-order valence-corrected chi connectivity index (χ2v) is 3.57. The van der Waals surface area contributed by atoms with Gasteiger partial charge in [-0.15, -0.1) is 0 Å². The zero-order valence-electron chi connectivity index (χ0n) is 8.03. The molecule has 0 aliphatic rings. The number of benzene rings is 2. The van der Waals surface area contributed by atoms with Gasteiger partial charge in [0.25, 0.3) is 5.24 Å². The van der Waals surface area contributed by atoms with Crippen LogP contribution in [0.25, 0.3) is 16.8 Å². The van der Waals surface area contributed by atoms with E-state index in [0.29, 0.717) is 5.56 Å². The maximum absolute atomic E-state index is 11.2. The maximum Gasteiger partial charge on any atom is 0.253 e. The second-order valence-electron chi connectivity index (χ2n) is 3.23. The Hall–Kier alpha value is -1.60. The van der Waals surface area contributed by atoms with Crippen LogP contribution in [0.3, 0.4) is 0 Å². The molecule has 2 aromatic rings. The van der Waals surface area contributed by atoms with E-state index in [0.717, 1.165) is 16.3 Å². The third kappa shape index (κ3) is 1.66. The molecule has 0 spiro atoms. The molecule has 0 N–H and O–H groups in total. The lowest BCUT2D eigenvalue weighted by atomic mass is 10.0. The summed E-state index contributed by atoms with van der Waals surface area (Å²) in [7, 11) is 0. The van der Waals surface area contributed by atoms with Crippen LogP contribution in [0.1, 0.15) is 15.9 Å². The summed E-state index contributed by atoms with van der Waals surface area (Å²) in [6, 6.07) is 11.2. The number of halogens is 1. The average molecular weight is 217 g/mol. The largest absolute Gasteiger partial charge is 0.276 e. The van der Waals surface area contributed by atoms with Crippen LogP contribution >= 0.6 is 11.6 Å². The van der Waals surface area contributed by atoms with Crippen molar-refractivity contribution in [1.29, 1.82) is 0 Å². The van der Waals surface area contributed by atoms with Gasteiger partial charge in [-0.05, 0) is 34.0 Å². The molecule has 0 heterocycles. The summed E-state index contributed by atoms with van der Waals surface area (Å²) in [6.45, 7) is 3.74. The van der Waals surface area contributed by atoms with Crippen LogP contribution in [0.2, 0.25) is 0 Å². The fourth-order valence-electron chi connectivity index (χ4n) is 1.67. The van der Waals surface area contributed by atoms with Crippen molar-refractivity contribution in [3.63, 3.8) is 0 Å². The van der Waals surface area contributed by atoms with Crippen molar-refractivity contribution in [2.24, 2.45) is 0 Å². The van der Waals surface area contributed by atoms with Crippen molar-refractivity contribution in [3.8, 4) is 0 Å². The first-order valence-corrected chi connectivity index (χ1v) is 4.96. The van der Waals surface area contributed by atoms with E-state index < -0.39 is 5.24 Å². The van der Waals surface area contributed by atoms with E-state index >= 15 is 0 Å². The van der Waals surface area contributed by atoms with E-state index in [1.54, 1.807) is 12.1 Å². The highest BCUT2D eigenvalue weighted by molar-refractivity contribution is 6.68. The highest BCUT2D eigenvalue weighted by Gasteiger charge is 2.08. The van der Waals surface area contributed by atoms with Crippen LogP contribution in [0.5, 0.6) is 0 Å². The Morgan fingerprint density at radius 2 is 1.80 bits per heavy atom. The van der Waals surface area contributed by atoms with Gasteiger partial charge in [0.05, 0.1) is 0 Å². The Morgan fingerprint density at radius 1 is 1.13 bits per heavy atom. The van der Waals surface area contributed by atoms with Crippen LogP contribution in [-0.4, -0.2) is 5.24 Å². The zero-order chi connectivity index (χ0) is 10.8. The number of carbonyl (C=O) groups excluding carboxylic acids is 1. The van der Waals surface area contributed by atoms with Crippen LogP contribution in [0.4, 0.5) is 0 Å². The van der Waals surface area contributed by atoms with E-state index in [-0.39, 0.29) is 0 Å². The number of hydrogen-bond acceptors (Lipinski definition) is 1. The van der Waals surface area contributed by atoms with E-state index in [1.807, 2.05) is 30.3 Å². The molecular formula is C13H9ClO. The molecule has 15 heavy (non-hydrogen) atoms. The molecule has 0 fully saturated rings. The standard InChI is InChI=1S/C13H9ClO/c1-2-9-7-8-12(13(14)15)11-6-4-3-5-10(9)11/h2-8H,1H2. The van der Waals surface area contributed by atoms with Crippen molar-refractivity contribution >= 4 is 33.7 Å². The molecule has 0 unspecified atom stereocenters. The molecule has 0 saturated heterocycles. The summed E-state index contributed by atoms with van der Waals surface area (Å²) in [5, 5.41) is 1.44. The first-order chi connectivity index (χ1) is 7.24. The summed E-state index contributed by atoms with van der Waals surface area (Å²) < 4.78 is 0. The van der Waals surface area contributed by atoms with E-state index in [2.05, 4.69) is 6.58 Å². The Bertz CT molecular complexity index is 543. The molecule has 0 saturated carbocycles. The minimum absolute atomic E-state index is 0.429. The summed E-state index contributed by atoms with van der Waals surface area (Å²) in [4.78, 5) is 11.2. The molecule has 0 atom stereocenters. The average Bonchev–Trinajstić information content (AvgIpc) is 2.27. The fourth-order valence-corrected chi connectivity index (χ4v) is 1.84. The lowest BCUT2D eigenvalue weighted by Gasteiger charge is -2.05. The zero-order valence-corrected chi connectivity index (χ0v) is 8.79. The summed E-state index contributed by atoms with van der Waals surface area (Å²) in [5.41, 5.74) is 1.55. The summed E-state index contributed by atoms with van der Waals surface area (Å²) in [5.74, 6) is 0. The molecule has 2 aromatic carbocycles. The quantitative estimate of drug-likeness (QED) is 0.697. The van der Waals surface area contributed by atoms with Gasteiger partial charge in [0.1, 0.15) is 0 Å². The highest BCUT2D eigenvalue weighted by Crippen LogP contribution is 2.24. The van der Waals surface area contributed by atoms with Gasteiger partial charge in [0.2, 0.25) is 0 Å². The van der Waals surface area contributed by atoms with Gasteiger partial charge >= 0.3 is 0 Å². The van der Waals surface area contributed by atoms with Gasteiger partial charge in [0.15, 0.2) is 0 Å². The molecule has 0 aromatic heterocycles. The molecular weight excluding hydrogens is 208 g/mol. The van der Waals surface area contributed by atoms with Gasteiger partial charge in [-0.2, -0.15) is 0 Å². The predicted molar refractivity (Wildman–Crippen MR) is 64.2 cm³/mol. The van der Waals surface area contributed by atoms with Gasteiger partial charge in [-0.1, -0.05) is 43.0 Å². The highest BCUT2D eigenvalue weighted by atomic mass is 35.5. The predicted octanol–water partition coefficient (Wildman–Crippen LogP) is 3.86. The van der Waals surface area contributed by atoms with Gasteiger partial charge in [-0.25, -0.2) is 0 Å². The van der Waals surface area contributed by atoms with E-state index in [4.69, 9.17) is 11.6 Å². The smallest absolute Gasteiger partial charge is 0.253 e. The molecule has 2 heteroatoms. The Balaban J connectivity index is 2.89. The molecule has 0 amide bonds. The topological polar surface area (TPSA) is 17.1 Å². The molecule has 0 radical (unpaired) electrons. The molecule has 2 rings (SSSR count). The first kappa shape index (κ1) is 9.94. The second kappa shape index (κ2) is 3.87. The minimum atomic E-state index is -0.429. The van der Waals surface area contributed by atoms with Crippen LogP contribution in [0, 0.1) is 0 Å². The van der Waals surface area contributed by atoms with Gasteiger partial charge in [0, 0.05) is 5.56 Å². The van der Waals surface area contributed by atoms with Crippen LogP contribution in [0.15, 0.2) is 43.0 Å². The lowest BCUT2D eigenvalue weighted by molar-refractivity contribution is 0.108. The van der Waals surface area contributed by atoms with Crippen molar-refractivity contribution in [2.75, 3.05) is 0 Å². The Kier molecular flexibility index (Phi) is 2.57. The molecule has 0 aliphatic heterocycles. The molecule has 1 nitrogen and oxygen atoms in total.